The molecule has 2 aromatic rings. The van der Waals surface area contributed by atoms with Gasteiger partial charge in [-0.3, -0.25) is 4.98 Å². The van der Waals surface area contributed by atoms with Gasteiger partial charge in [0.1, 0.15) is 12.4 Å². The minimum absolute atomic E-state index is 0.501. The van der Waals surface area contributed by atoms with Crippen molar-refractivity contribution in [1.29, 1.82) is 0 Å². The molecule has 0 bridgehead atoms. The lowest BCUT2D eigenvalue weighted by atomic mass is 10.1. The zero-order chi connectivity index (χ0) is 14.2. The molecule has 108 valence electrons. The van der Waals surface area contributed by atoms with Crippen LogP contribution >= 0.6 is 0 Å². The van der Waals surface area contributed by atoms with Crippen molar-refractivity contribution in [1.82, 2.24) is 4.98 Å². The molecule has 1 aromatic carbocycles. The Bertz CT molecular complexity index is 546. The van der Waals surface area contributed by atoms with Gasteiger partial charge in [-0.15, -0.1) is 0 Å². The first kappa shape index (κ1) is 14.6. The fourth-order valence-corrected chi connectivity index (χ4v) is 1.93. The van der Waals surface area contributed by atoms with Crippen LogP contribution in [0.1, 0.15) is 6.42 Å². The van der Waals surface area contributed by atoms with Crippen molar-refractivity contribution >= 4 is 16.5 Å². The summed E-state index contributed by atoms with van der Waals surface area (Å²) in [6.45, 7) is 2.45. The van der Waals surface area contributed by atoms with Gasteiger partial charge in [0.25, 0.3) is 0 Å². The fourth-order valence-electron chi connectivity index (χ4n) is 1.93. The summed E-state index contributed by atoms with van der Waals surface area (Å²) in [5.41, 5.74) is 6.66. The van der Waals surface area contributed by atoms with Crippen molar-refractivity contribution in [3.05, 3.63) is 30.6 Å². The minimum Gasteiger partial charge on any atom is -0.490 e. The molecule has 0 unspecified atom stereocenters. The Balaban J connectivity index is 1.86. The second-order valence-electron chi connectivity index (χ2n) is 4.38. The number of nitrogen functional groups attached to an aromatic ring is 1. The number of nitrogens with zero attached hydrogens (tertiary/aromatic N) is 1. The van der Waals surface area contributed by atoms with Crippen LogP contribution in [0.5, 0.6) is 5.75 Å². The lowest BCUT2D eigenvalue weighted by Gasteiger charge is -2.10. The molecule has 0 amide bonds. The van der Waals surface area contributed by atoms with E-state index in [0.29, 0.717) is 19.8 Å². The standard InChI is InChI=1S/C15H20N2O3/c1-18-7-2-8-19-9-10-20-15-4-3-14(16)12-5-6-17-11-13(12)15/h3-6,11H,2,7-10,16H2,1H3. The number of hydrogen-bond acceptors (Lipinski definition) is 5. The van der Waals surface area contributed by atoms with Crippen LogP contribution in [-0.4, -0.2) is 38.5 Å². The minimum atomic E-state index is 0.501. The van der Waals surface area contributed by atoms with Crippen molar-refractivity contribution in [2.75, 3.05) is 39.3 Å². The zero-order valence-electron chi connectivity index (χ0n) is 11.7. The van der Waals surface area contributed by atoms with E-state index in [-0.39, 0.29) is 0 Å². The number of methoxy groups -OCH3 is 1. The number of nitrogens with two attached hydrogens (primary N) is 1. The maximum atomic E-state index is 5.93. The highest BCUT2D eigenvalue weighted by Gasteiger charge is 2.04. The molecule has 2 rings (SSSR count). The Labute approximate surface area is 118 Å². The maximum absolute atomic E-state index is 5.93. The van der Waals surface area contributed by atoms with Crippen LogP contribution in [0.4, 0.5) is 5.69 Å². The van der Waals surface area contributed by atoms with Gasteiger partial charge in [-0.05, 0) is 24.6 Å². The molecule has 0 aliphatic heterocycles. The number of ether oxygens (including phenoxy) is 3. The average Bonchev–Trinajstić information content (AvgIpc) is 2.49. The molecule has 0 saturated heterocycles. The lowest BCUT2D eigenvalue weighted by molar-refractivity contribution is 0.0810. The van der Waals surface area contributed by atoms with E-state index in [1.807, 2.05) is 18.2 Å². The van der Waals surface area contributed by atoms with Gasteiger partial charge in [0.2, 0.25) is 0 Å². The summed E-state index contributed by atoms with van der Waals surface area (Å²) < 4.78 is 16.1. The Hall–Kier alpha value is -1.85. The topological polar surface area (TPSA) is 66.6 Å². The summed E-state index contributed by atoms with van der Waals surface area (Å²) in [6, 6.07) is 5.60. The van der Waals surface area contributed by atoms with Gasteiger partial charge >= 0.3 is 0 Å². The second kappa shape index (κ2) is 7.67. The SMILES string of the molecule is COCCCOCCOc1ccc(N)c2ccncc12. The molecule has 0 fully saturated rings. The molecular weight excluding hydrogens is 256 g/mol. The van der Waals surface area contributed by atoms with E-state index in [1.54, 1.807) is 19.5 Å². The predicted octanol–water partition coefficient (Wildman–Crippen LogP) is 2.25. The highest BCUT2D eigenvalue weighted by atomic mass is 16.5. The van der Waals surface area contributed by atoms with Gasteiger partial charge < -0.3 is 19.9 Å². The van der Waals surface area contributed by atoms with E-state index in [4.69, 9.17) is 19.9 Å². The molecule has 1 heterocycles. The molecule has 5 nitrogen and oxygen atoms in total. The second-order valence-corrected chi connectivity index (χ2v) is 4.38. The highest BCUT2D eigenvalue weighted by Crippen LogP contribution is 2.28. The molecule has 0 spiro atoms. The van der Waals surface area contributed by atoms with Crippen molar-refractivity contribution in [2.45, 2.75) is 6.42 Å². The Morgan fingerprint density at radius 2 is 1.95 bits per heavy atom. The molecule has 20 heavy (non-hydrogen) atoms. The number of anilines is 1. The zero-order valence-corrected chi connectivity index (χ0v) is 11.7. The molecule has 0 radical (unpaired) electrons. The quantitative estimate of drug-likeness (QED) is 0.591. The van der Waals surface area contributed by atoms with E-state index < -0.39 is 0 Å². The summed E-state index contributed by atoms with van der Waals surface area (Å²) in [5.74, 6) is 0.780. The van der Waals surface area contributed by atoms with Crippen LogP contribution in [0.3, 0.4) is 0 Å². The first-order chi connectivity index (χ1) is 9.83. The summed E-state index contributed by atoms with van der Waals surface area (Å²) in [6.07, 6.45) is 4.38. The molecule has 1 aromatic heterocycles. The van der Waals surface area contributed by atoms with Crippen LogP contribution in [0.2, 0.25) is 0 Å². The first-order valence-electron chi connectivity index (χ1n) is 6.64. The number of aromatic nitrogens is 1. The van der Waals surface area contributed by atoms with Gasteiger partial charge in [-0.2, -0.15) is 0 Å². The predicted molar refractivity (Wildman–Crippen MR) is 79.0 cm³/mol. The number of hydrogen-bond donors (Lipinski definition) is 1. The molecule has 2 N–H and O–H groups in total. The van der Waals surface area contributed by atoms with Crippen LogP contribution in [-0.2, 0) is 9.47 Å². The van der Waals surface area contributed by atoms with Gasteiger partial charge in [0.15, 0.2) is 0 Å². The highest BCUT2D eigenvalue weighted by molar-refractivity contribution is 5.96. The van der Waals surface area contributed by atoms with E-state index in [0.717, 1.165) is 35.2 Å². The smallest absolute Gasteiger partial charge is 0.128 e. The van der Waals surface area contributed by atoms with Crippen LogP contribution in [0, 0.1) is 0 Å². The molecule has 0 aliphatic carbocycles. The number of rotatable bonds is 8. The number of pyridine rings is 1. The largest absolute Gasteiger partial charge is 0.490 e. The summed E-state index contributed by atoms with van der Waals surface area (Å²) in [4.78, 5) is 4.11. The van der Waals surface area contributed by atoms with Gasteiger partial charge in [-0.25, -0.2) is 0 Å². The van der Waals surface area contributed by atoms with Gasteiger partial charge in [0.05, 0.1) is 6.61 Å². The third-order valence-electron chi connectivity index (χ3n) is 2.93. The number of benzene rings is 1. The first-order valence-corrected chi connectivity index (χ1v) is 6.64. The van der Waals surface area contributed by atoms with Crippen LogP contribution in [0.25, 0.3) is 10.8 Å². The Morgan fingerprint density at radius 1 is 1.05 bits per heavy atom. The monoisotopic (exact) mass is 276 g/mol. The van der Waals surface area contributed by atoms with E-state index in [2.05, 4.69) is 4.98 Å². The molecule has 0 atom stereocenters. The lowest BCUT2D eigenvalue weighted by Crippen LogP contribution is -2.09. The summed E-state index contributed by atoms with van der Waals surface area (Å²) >= 11 is 0. The third-order valence-corrected chi connectivity index (χ3v) is 2.93. The third kappa shape index (κ3) is 3.82. The van der Waals surface area contributed by atoms with Gasteiger partial charge in [0, 0.05) is 49.2 Å². The normalized spacial score (nSPS) is 10.8. The van der Waals surface area contributed by atoms with Crippen LogP contribution in [0.15, 0.2) is 30.6 Å². The maximum Gasteiger partial charge on any atom is 0.128 e. The summed E-state index contributed by atoms with van der Waals surface area (Å²) in [5, 5.41) is 1.88. The van der Waals surface area contributed by atoms with E-state index in [9.17, 15) is 0 Å². The molecular formula is C15H20N2O3. The average molecular weight is 276 g/mol. The molecule has 0 saturated carbocycles. The fraction of sp³-hybridized carbons (Fsp3) is 0.400. The summed E-state index contributed by atoms with van der Waals surface area (Å²) in [7, 11) is 1.68. The van der Waals surface area contributed by atoms with Crippen molar-refractivity contribution in [3.63, 3.8) is 0 Å². The van der Waals surface area contributed by atoms with Crippen molar-refractivity contribution in [2.24, 2.45) is 0 Å². The number of fused-ring (bicyclic) bond motifs is 1. The van der Waals surface area contributed by atoms with E-state index >= 15 is 0 Å². The van der Waals surface area contributed by atoms with Crippen molar-refractivity contribution in [3.8, 4) is 5.75 Å². The van der Waals surface area contributed by atoms with E-state index in [1.165, 1.54) is 0 Å². The molecule has 0 aliphatic rings. The van der Waals surface area contributed by atoms with Crippen LogP contribution < -0.4 is 10.5 Å². The van der Waals surface area contributed by atoms with Crippen molar-refractivity contribution < 1.29 is 14.2 Å². The molecule has 5 heteroatoms. The Kier molecular flexibility index (Phi) is 5.58. The Morgan fingerprint density at radius 3 is 2.80 bits per heavy atom. The van der Waals surface area contributed by atoms with Gasteiger partial charge in [-0.1, -0.05) is 0 Å².